The Morgan fingerprint density at radius 1 is 1.38 bits per heavy atom. The van der Waals surface area contributed by atoms with E-state index < -0.39 is 5.82 Å². The molecule has 0 atom stereocenters. The molecule has 2 rings (SSSR count). The van der Waals surface area contributed by atoms with E-state index in [-0.39, 0.29) is 5.56 Å². The van der Waals surface area contributed by atoms with Gasteiger partial charge in [0.05, 0.1) is 11.4 Å². The van der Waals surface area contributed by atoms with Crippen LogP contribution in [-0.4, -0.2) is 10.2 Å². The molecular weight excluding hydrogens is 249 g/mol. The SMILES string of the molecule is Nc1cc(-c2cc(Cl)ccc2F)n[nH]c1=S. The van der Waals surface area contributed by atoms with Crippen LogP contribution in [0.5, 0.6) is 0 Å². The predicted molar refractivity (Wildman–Crippen MR) is 64.2 cm³/mol. The van der Waals surface area contributed by atoms with E-state index >= 15 is 0 Å². The molecule has 0 radical (unpaired) electrons. The number of nitrogen functional groups attached to an aromatic ring is 1. The van der Waals surface area contributed by atoms with Gasteiger partial charge in [0.25, 0.3) is 0 Å². The molecule has 0 saturated heterocycles. The van der Waals surface area contributed by atoms with Gasteiger partial charge in [-0.1, -0.05) is 23.8 Å². The summed E-state index contributed by atoms with van der Waals surface area (Å²) in [5, 5.41) is 6.88. The molecule has 0 fully saturated rings. The molecule has 6 heteroatoms. The number of nitrogens with two attached hydrogens (primary N) is 1. The fourth-order valence-corrected chi connectivity index (χ4v) is 1.53. The van der Waals surface area contributed by atoms with E-state index in [2.05, 4.69) is 10.2 Å². The summed E-state index contributed by atoms with van der Waals surface area (Å²) in [6.07, 6.45) is 0. The van der Waals surface area contributed by atoms with Gasteiger partial charge in [0, 0.05) is 10.6 Å². The first kappa shape index (κ1) is 11.0. The lowest BCUT2D eigenvalue weighted by Gasteiger charge is -2.03. The van der Waals surface area contributed by atoms with Crippen LogP contribution in [-0.2, 0) is 0 Å². The third kappa shape index (κ3) is 2.05. The summed E-state index contributed by atoms with van der Waals surface area (Å²) in [7, 11) is 0. The minimum absolute atomic E-state index is 0.283. The van der Waals surface area contributed by atoms with Crippen molar-refractivity contribution >= 4 is 29.5 Å². The quantitative estimate of drug-likeness (QED) is 0.770. The number of halogens is 2. The molecule has 0 saturated carbocycles. The number of nitrogens with one attached hydrogen (secondary N) is 1. The molecule has 3 N–H and O–H groups in total. The maximum Gasteiger partial charge on any atom is 0.142 e. The average molecular weight is 256 g/mol. The number of hydrogen-bond acceptors (Lipinski definition) is 3. The van der Waals surface area contributed by atoms with Crippen molar-refractivity contribution in [3.05, 3.63) is 39.7 Å². The Kier molecular flexibility index (Phi) is 2.89. The Bertz CT molecular complexity index is 597. The second kappa shape index (κ2) is 4.19. The van der Waals surface area contributed by atoms with Crippen molar-refractivity contribution in [1.82, 2.24) is 10.2 Å². The summed E-state index contributed by atoms with van der Waals surface area (Å²) < 4.78 is 13.8. The predicted octanol–water partition coefficient (Wildman–Crippen LogP) is 3.18. The second-order valence-corrected chi connectivity index (χ2v) is 4.01. The van der Waals surface area contributed by atoms with Gasteiger partial charge in [0.15, 0.2) is 0 Å². The molecular formula is C10H7ClFN3S. The van der Waals surface area contributed by atoms with Crippen molar-refractivity contribution in [1.29, 1.82) is 0 Å². The largest absolute Gasteiger partial charge is 0.396 e. The van der Waals surface area contributed by atoms with Crippen LogP contribution >= 0.6 is 23.8 Å². The Hall–Kier alpha value is -1.46. The van der Waals surface area contributed by atoms with Gasteiger partial charge in [-0.15, -0.1) is 0 Å². The van der Waals surface area contributed by atoms with Crippen LogP contribution in [0.25, 0.3) is 11.3 Å². The van der Waals surface area contributed by atoms with E-state index in [1.807, 2.05) is 0 Å². The highest BCUT2D eigenvalue weighted by atomic mass is 35.5. The average Bonchev–Trinajstić information content (AvgIpc) is 2.26. The van der Waals surface area contributed by atoms with E-state index in [0.29, 0.717) is 21.0 Å². The fourth-order valence-electron chi connectivity index (χ4n) is 1.25. The standard InChI is InChI=1S/C10H7ClFN3S/c11-5-1-2-7(12)6(3-5)9-4-8(13)10(16)15-14-9/h1-4H,(H2,13,14)(H,15,16). The Balaban J connectivity index is 2.62. The summed E-state index contributed by atoms with van der Waals surface area (Å²) in [6.45, 7) is 0. The number of aromatic amines is 1. The number of hydrogen-bond donors (Lipinski definition) is 2. The van der Waals surface area contributed by atoms with Crippen molar-refractivity contribution < 1.29 is 4.39 Å². The monoisotopic (exact) mass is 255 g/mol. The number of benzene rings is 1. The summed E-state index contributed by atoms with van der Waals surface area (Å²) >= 11 is 10.6. The van der Waals surface area contributed by atoms with E-state index in [9.17, 15) is 4.39 Å². The molecule has 0 aliphatic heterocycles. The topological polar surface area (TPSA) is 54.7 Å². The molecule has 0 amide bonds. The van der Waals surface area contributed by atoms with Gasteiger partial charge in [-0.2, -0.15) is 5.10 Å². The molecule has 0 bridgehead atoms. The lowest BCUT2D eigenvalue weighted by molar-refractivity contribution is 0.630. The first-order valence-electron chi connectivity index (χ1n) is 4.38. The van der Waals surface area contributed by atoms with Crippen LogP contribution in [0.3, 0.4) is 0 Å². The summed E-state index contributed by atoms with van der Waals surface area (Å²) in [5.74, 6) is -0.415. The van der Waals surface area contributed by atoms with Crippen LogP contribution in [0.15, 0.2) is 24.3 Å². The zero-order chi connectivity index (χ0) is 11.7. The second-order valence-electron chi connectivity index (χ2n) is 3.16. The van der Waals surface area contributed by atoms with Gasteiger partial charge in [-0.3, -0.25) is 5.10 Å². The van der Waals surface area contributed by atoms with Crippen molar-refractivity contribution in [2.75, 3.05) is 5.73 Å². The van der Waals surface area contributed by atoms with Gasteiger partial charge >= 0.3 is 0 Å². The minimum Gasteiger partial charge on any atom is -0.396 e. The number of H-pyrrole nitrogens is 1. The highest BCUT2D eigenvalue weighted by Crippen LogP contribution is 2.25. The maximum atomic E-state index is 13.5. The number of nitrogens with zero attached hydrogens (tertiary/aromatic N) is 1. The van der Waals surface area contributed by atoms with E-state index in [4.69, 9.17) is 29.6 Å². The van der Waals surface area contributed by atoms with Gasteiger partial charge in [0.1, 0.15) is 10.5 Å². The normalized spacial score (nSPS) is 10.4. The zero-order valence-electron chi connectivity index (χ0n) is 8.00. The highest BCUT2D eigenvalue weighted by molar-refractivity contribution is 7.71. The van der Waals surface area contributed by atoms with Crippen molar-refractivity contribution in [2.24, 2.45) is 0 Å². The zero-order valence-corrected chi connectivity index (χ0v) is 9.57. The molecule has 82 valence electrons. The van der Waals surface area contributed by atoms with Crippen LogP contribution in [0.2, 0.25) is 5.02 Å². The number of rotatable bonds is 1. The summed E-state index contributed by atoms with van der Waals surface area (Å²) in [4.78, 5) is 0. The van der Waals surface area contributed by atoms with Gasteiger partial charge in [-0.25, -0.2) is 4.39 Å². The van der Waals surface area contributed by atoms with Gasteiger partial charge < -0.3 is 5.73 Å². The van der Waals surface area contributed by atoms with E-state index in [1.165, 1.54) is 24.3 Å². The van der Waals surface area contributed by atoms with Crippen molar-refractivity contribution in [3.63, 3.8) is 0 Å². The van der Waals surface area contributed by atoms with Crippen molar-refractivity contribution in [3.8, 4) is 11.3 Å². The molecule has 1 aromatic carbocycles. The molecule has 3 nitrogen and oxygen atoms in total. The lowest BCUT2D eigenvalue weighted by atomic mass is 10.1. The maximum absolute atomic E-state index is 13.5. The molecule has 0 aliphatic carbocycles. The molecule has 1 heterocycles. The van der Waals surface area contributed by atoms with Gasteiger partial charge in [-0.05, 0) is 24.3 Å². The third-order valence-electron chi connectivity index (χ3n) is 2.04. The highest BCUT2D eigenvalue weighted by Gasteiger charge is 2.08. The van der Waals surface area contributed by atoms with Crippen LogP contribution in [0, 0.1) is 10.5 Å². The minimum atomic E-state index is -0.415. The number of anilines is 1. The van der Waals surface area contributed by atoms with Crippen LogP contribution < -0.4 is 5.73 Å². The summed E-state index contributed by atoms with van der Waals surface area (Å²) in [6, 6.07) is 5.73. The Morgan fingerprint density at radius 3 is 2.81 bits per heavy atom. The molecule has 0 unspecified atom stereocenters. The number of aromatic nitrogens is 2. The lowest BCUT2D eigenvalue weighted by Crippen LogP contribution is -1.95. The smallest absolute Gasteiger partial charge is 0.142 e. The molecule has 2 aromatic rings. The first-order valence-corrected chi connectivity index (χ1v) is 5.17. The molecule has 16 heavy (non-hydrogen) atoms. The molecule has 0 aliphatic rings. The Morgan fingerprint density at radius 2 is 2.12 bits per heavy atom. The van der Waals surface area contributed by atoms with Crippen molar-refractivity contribution in [2.45, 2.75) is 0 Å². The third-order valence-corrected chi connectivity index (χ3v) is 2.60. The molecule has 0 spiro atoms. The fraction of sp³-hybridized carbons (Fsp3) is 0. The Labute approximate surface area is 101 Å². The van der Waals surface area contributed by atoms with Crippen LogP contribution in [0.4, 0.5) is 10.1 Å². The van der Waals surface area contributed by atoms with E-state index in [1.54, 1.807) is 0 Å². The van der Waals surface area contributed by atoms with E-state index in [0.717, 1.165) is 0 Å². The molecule has 1 aromatic heterocycles. The van der Waals surface area contributed by atoms with Crippen LogP contribution in [0.1, 0.15) is 0 Å². The van der Waals surface area contributed by atoms with Gasteiger partial charge in [0.2, 0.25) is 0 Å². The summed E-state index contributed by atoms with van der Waals surface area (Å²) in [5.41, 5.74) is 6.61. The first-order chi connectivity index (χ1) is 7.58.